The number of rotatable bonds is 15. The minimum atomic E-state index is -0.576. The summed E-state index contributed by atoms with van der Waals surface area (Å²) in [5.74, 6) is 1.43. The zero-order valence-electron chi connectivity index (χ0n) is 29.2. The first-order valence-corrected chi connectivity index (χ1v) is 17.3. The van der Waals surface area contributed by atoms with Crippen LogP contribution in [0.2, 0.25) is 0 Å². The fourth-order valence-electron chi connectivity index (χ4n) is 5.05. The van der Waals surface area contributed by atoms with E-state index in [0.29, 0.717) is 51.9 Å². The Kier molecular flexibility index (Phi) is 12.9. The Morgan fingerprint density at radius 3 is 1.96 bits per heavy atom. The van der Waals surface area contributed by atoms with Crippen molar-refractivity contribution in [2.75, 3.05) is 32.0 Å². The third-order valence-electron chi connectivity index (χ3n) is 7.70. The number of methoxy groups -OCH3 is 3. The normalized spacial score (nSPS) is 11.5. The highest BCUT2D eigenvalue weighted by molar-refractivity contribution is 8.00. The number of amides is 3. The lowest BCUT2D eigenvalue weighted by molar-refractivity contribution is -0.116. The van der Waals surface area contributed by atoms with Crippen LogP contribution in [0.15, 0.2) is 132 Å². The smallest absolute Gasteiger partial charge is 0.272 e. The lowest BCUT2D eigenvalue weighted by atomic mass is 10.1. The molecule has 52 heavy (non-hydrogen) atoms. The third-order valence-corrected chi connectivity index (χ3v) is 9.06. The van der Waals surface area contributed by atoms with Crippen molar-refractivity contribution in [2.45, 2.75) is 23.5 Å². The Morgan fingerprint density at radius 1 is 0.673 bits per heavy atom. The van der Waals surface area contributed by atoms with Gasteiger partial charge in [0.15, 0.2) is 11.5 Å². The second-order valence-electron chi connectivity index (χ2n) is 11.3. The first-order valence-electron chi connectivity index (χ1n) is 16.4. The Bertz CT molecular complexity index is 2020. The molecule has 0 radical (unpaired) electrons. The molecule has 5 aromatic carbocycles. The number of para-hydroxylation sites is 1. The molecule has 5 aromatic rings. The Morgan fingerprint density at radius 2 is 1.31 bits per heavy atom. The number of benzene rings is 5. The second kappa shape index (κ2) is 18.2. The molecule has 0 saturated carbocycles. The topological polar surface area (TPSA) is 124 Å². The van der Waals surface area contributed by atoms with Crippen molar-refractivity contribution in [3.63, 3.8) is 0 Å². The summed E-state index contributed by atoms with van der Waals surface area (Å²) in [6.07, 6.45) is 2.07. The van der Waals surface area contributed by atoms with Gasteiger partial charge in [0.05, 0.1) is 26.6 Å². The number of carbonyl (C=O) groups is 3. The summed E-state index contributed by atoms with van der Waals surface area (Å²) < 4.78 is 22.3. The van der Waals surface area contributed by atoms with E-state index in [1.54, 1.807) is 84.9 Å². The third kappa shape index (κ3) is 9.95. The number of carbonyl (C=O) groups excluding carboxylic acids is 3. The van der Waals surface area contributed by atoms with Gasteiger partial charge in [-0.05, 0) is 85.3 Å². The van der Waals surface area contributed by atoms with Gasteiger partial charge in [-0.3, -0.25) is 14.4 Å². The molecule has 0 aliphatic rings. The molecule has 0 aliphatic carbocycles. The van der Waals surface area contributed by atoms with Gasteiger partial charge in [0.25, 0.3) is 11.8 Å². The van der Waals surface area contributed by atoms with Crippen molar-refractivity contribution >= 4 is 46.9 Å². The summed E-state index contributed by atoms with van der Waals surface area (Å²) in [7, 11) is 4.50. The van der Waals surface area contributed by atoms with Gasteiger partial charge in [-0.15, -0.1) is 11.8 Å². The minimum Gasteiger partial charge on any atom is -0.496 e. The summed E-state index contributed by atoms with van der Waals surface area (Å²) in [4.78, 5) is 41.1. The van der Waals surface area contributed by atoms with Gasteiger partial charge in [-0.25, -0.2) is 0 Å². The van der Waals surface area contributed by atoms with Crippen LogP contribution >= 0.6 is 11.8 Å². The number of hydrogen-bond acceptors (Lipinski definition) is 8. The van der Waals surface area contributed by atoms with Crippen LogP contribution in [0, 0.1) is 0 Å². The zero-order valence-corrected chi connectivity index (χ0v) is 30.0. The fourth-order valence-corrected chi connectivity index (χ4v) is 6.06. The van der Waals surface area contributed by atoms with Gasteiger partial charge in [0.2, 0.25) is 5.91 Å². The molecule has 0 heterocycles. The van der Waals surface area contributed by atoms with Crippen LogP contribution in [0.5, 0.6) is 28.7 Å². The molecule has 0 aliphatic heterocycles. The van der Waals surface area contributed by atoms with Crippen LogP contribution < -0.4 is 34.9 Å². The molecular formula is C41H39N3O7S. The predicted octanol–water partition coefficient (Wildman–Crippen LogP) is 8.42. The molecule has 0 aromatic heterocycles. The number of nitrogens with one attached hydrogen (secondary N) is 3. The first kappa shape index (κ1) is 37.1. The van der Waals surface area contributed by atoms with Crippen molar-refractivity contribution in [1.82, 2.24) is 5.32 Å². The van der Waals surface area contributed by atoms with Gasteiger partial charge in [0, 0.05) is 33.5 Å². The Labute approximate surface area is 307 Å². The number of anilines is 2. The van der Waals surface area contributed by atoms with Crippen molar-refractivity contribution in [3.05, 3.63) is 138 Å². The quantitative estimate of drug-likeness (QED) is 0.0729. The van der Waals surface area contributed by atoms with Gasteiger partial charge in [-0.1, -0.05) is 49.4 Å². The van der Waals surface area contributed by atoms with E-state index < -0.39 is 17.1 Å². The van der Waals surface area contributed by atoms with E-state index in [1.807, 2.05) is 43.3 Å². The molecule has 0 bridgehead atoms. The van der Waals surface area contributed by atoms with Crippen LogP contribution in [0.4, 0.5) is 11.4 Å². The largest absolute Gasteiger partial charge is 0.496 e. The van der Waals surface area contributed by atoms with Crippen LogP contribution in [0.3, 0.4) is 0 Å². The minimum absolute atomic E-state index is 0.0385. The zero-order chi connectivity index (χ0) is 36.9. The molecular weight excluding hydrogens is 679 g/mol. The van der Waals surface area contributed by atoms with E-state index in [4.69, 9.17) is 18.9 Å². The Hall–Kier alpha value is -6.20. The van der Waals surface area contributed by atoms with Gasteiger partial charge >= 0.3 is 0 Å². The summed E-state index contributed by atoms with van der Waals surface area (Å²) in [6, 6.07) is 35.7. The maximum absolute atomic E-state index is 13.8. The van der Waals surface area contributed by atoms with Gasteiger partial charge in [-0.2, -0.15) is 0 Å². The highest BCUT2D eigenvalue weighted by Gasteiger charge is 2.21. The van der Waals surface area contributed by atoms with E-state index in [-0.39, 0.29) is 11.6 Å². The van der Waals surface area contributed by atoms with Crippen LogP contribution in [-0.2, 0) is 9.59 Å². The van der Waals surface area contributed by atoms with E-state index in [0.717, 1.165) is 10.6 Å². The molecule has 0 saturated heterocycles. The van der Waals surface area contributed by atoms with E-state index in [1.165, 1.54) is 39.2 Å². The van der Waals surface area contributed by atoms with E-state index >= 15 is 0 Å². The molecule has 3 amide bonds. The van der Waals surface area contributed by atoms with Crippen molar-refractivity contribution in [1.29, 1.82) is 0 Å². The summed E-state index contributed by atoms with van der Waals surface area (Å²) in [5, 5.41) is 8.20. The Balaban J connectivity index is 1.31. The van der Waals surface area contributed by atoms with Crippen LogP contribution in [0.25, 0.3) is 6.08 Å². The molecule has 0 spiro atoms. The monoisotopic (exact) mass is 717 g/mol. The van der Waals surface area contributed by atoms with Gasteiger partial charge < -0.3 is 34.9 Å². The predicted molar refractivity (Wildman–Crippen MR) is 205 cm³/mol. The molecule has 1 unspecified atom stereocenters. The average Bonchev–Trinajstić information content (AvgIpc) is 3.18. The summed E-state index contributed by atoms with van der Waals surface area (Å²) in [6.45, 7) is 1.94. The van der Waals surface area contributed by atoms with Gasteiger partial charge in [0.1, 0.15) is 22.9 Å². The maximum Gasteiger partial charge on any atom is 0.272 e. The first-order chi connectivity index (χ1) is 25.3. The highest BCUT2D eigenvalue weighted by Crippen LogP contribution is 2.36. The SMILES string of the molecule is CCC(Sc1cccc(NC(=O)/C(=C\c2cc(OC)c(OC)cc2OC)NC(=O)c2ccccc2)c1)C(=O)Nc1ccc(Oc2ccccc2)cc1. The molecule has 3 N–H and O–H groups in total. The van der Waals surface area contributed by atoms with E-state index in [9.17, 15) is 14.4 Å². The summed E-state index contributed by atoms with van der Waals surface area (Å²) in [5.41, 5.74) is 1.92. The lowest BCUT2D eigenvalue weighted by Crippen LogP contribution is -2.30. The van der Waals surface area contributed by atoms with Crippen LogP contribution in [0.1, 0.15) is 29.3 Å². The molecule has 266 valence electrons. The molecule has 10 nitrogen and oxygen atoms in total. The summed E-state index contributed by atoms with van der Waals surface area (Å²) >= 11 is 1.38. The standard InChI is InChI=1S/C41H39N3O7S/c1-5-38(41(47)42-29-19-21-32(22-20-29)51-31-16-10-7-11-17-31)52-33-18-12-15-30(25-33)43-40(46)34(44-39(45)27-13-8-6-9-14-27)23-28-24-36(49-3)37(50-4)26-35(28)48-2/h6-26,38H,5H2,1-4H3,(H,42,47)(H,43,46)(H,44,45)/b34-23+. The van der Waals surface area contributed by atoms with Crippen LogP contribution in [-0.4, -0.2) is 44.3 Å². The molecule has 1 atom stereocenters. The van der Waals surface area contributed by atoms with Crippen molar-refractivity contribution in [3.8, 4) is 28.7 Å². The number of ether oxygens (including phenoxy) is 4. The second-order valence-corrected chi connectivity index (χ2v) is 12.5. The van der Waals surface area contributed by atoms with Crippen molar-refractivity contribution < 1.29 is 33.3 Å². The molecule has 5 rings (SSSR count). The molecule has 11 heteroatoms. The molecule has 0 fully saturated rings. The highest BCUT2D eigenvalue weighted by atomic mass is 32.2. The number of hydrogen-bond donors (Lipinski definition) is 3. The fraction of sp³-hybridized carbons (Fsp3) is 0.146. The lowest BCUT2D eigenvalue weighted by Gasteiger charge is -2.16. The average molecular weight is 718 g/mol. The van der Waals surface area contributed by atoms with E-state index in [2.05, 4.69) is 16.0 Å². The number of thioether (sulfide) groups is 1. The maximum atomic E-state index is 13.8. The van der Waals surface area contributed by atoms with Crippen molar-refractivity contribution in [2.24, 2.45) is 0 Å².